The molecule has 0 amide bonds. The molecule has 1 N–H and O–H groups in total. The van der Waals surface area contributed by atoms with Gasteiger partial charge in [-0.3, -0.25) is 18.6 Å². The fraction of sp³-hybridized carbons (Fsp3) is 0.705. The number of hydrogen-bond acceptors (Lipinski definition) is 7. The number of allylic oxidation sites excluding steroid dienone is 16. The Hall–Kier alpha value is -3.07. The van der Waals surface area contributed by atoms with E-state index in [-0.39, 0.29) is 32.0 Å². The topological polar surface area (TPSA) is 108 Å². The van der Waals surface area contributed by atoms with Crippen molar-refractivity contribution in [1.29, 1.82) is 0 Å². The minimum absolute atomic E-state index is 0.0270. The molecule has 0 fully saturated rings. The van der Waals surface area contributed by atoms with Crippen LogP contribution in [0.2, 0.25) is 0 Å². The summed E-state index contributed by atoms with van der Waals surface area (Å²) >= 11 is 0. The summed E-state index contributed by atoms with van der Waals surface area (Å²) in [5, 5.41) is 0. The summed E-state index contributed by atoms with van der Waals surface area (Å²) in [4.78, 5) is 35.5. The Labute approximate surface area is 436 Å². The zero-order valence-electron chi connectivity index (χ0n) is 46.2. The lowest BCUT2D eigenvalue weighted by molar-refractivity contribution is -0.870. The molecular formula is C61H107NO8P+. The summed E-state index contributed by atoms with van der Waals surface area (Å²) in [7, 11) is 1.46. The van der Waals surface area contributed by atoms with Gasteiger partial charge in [-0.15, -0.1) is 0 Å². The van der Waals surface area contributed by atoms with Crippen molar-refractivity contribution in [2.45, 2.75) is 232 Å². The second-order valence-corrected chi connectivity index (χ2v) is 21.4. The van der Waals surface area contributed by atoms with E-state index in [1.54, 1.807) is 0 Å². The maximum absolute atomic E-state index is 12.8. The molecule has 0 heterocycles. The average molecular weight is 1010 g/mol. The molecule has 0 radical (unpaired) electrons. The van der Waals surface area contributed by atoms with E-state index in [2.05, 4.69) is 111 Å². The van der Waals surface area contributed by atoms with Crippen molar-refractivity contribution in [1.82, 2.24) is 0 Å². The fourth-order valence-electron chi connectivity index (χ4n) is 7.46. The van der Waals surface area contributed by atoms with Crippen LogP contribution in [0.3, 0.4) is 0 Å². The predicted octanol–water partition coefficient (Wildman–Crippen LogP) is 17.6. The van der Waals surface area contributed by atoms with Crippen LogP contribution in [0.1, 0.15) is 226 Å². The number of ether oxygens (including phenoxy) is 2. The molecule has 2 atom stereocenters. The number of carbonyl (C=O) groups is 2. The van der Waals surface area contributed by atoms with Crippen LogP contribution in [0.5, 0.6) is 0 Å². The van der Waals surface area contributed by atoms with Crippen LogP contribution in [-0.2, 0) is 32.7 Å². The molecule has 9 nitrogen and oxygen atoms in total. The van der Waals surface area contributed by atoms with E-state index in [9.17, 15) is 19.0 Å². The monoisotopic (exact) mass is 1010 g/mol. The summed E-state index contributed by atoms with van der Waals surface area (Å²) in [6.45, 7) is 4.27. The van der Waals surface area contributed by atoms with Gasteiger partial charge in [0, 0.05) is 12.8 Å². The normalized spacial score (nSPS) is 14.1. The van der Waals surface area contributed by atoms with Crippen molar-refractivity contribution in [3.8, 4) is 0 Å². The largest absolute Gasteiger partial charge is 0.472 e. The second-order valence-electron chi connectivity index (χ2n) is 19.9. The van der Waals surface area contributed by atoms with Crippen molar-refractivity contribution >= 4 is 19.8 Å². The Bertz CT molecular complexity index is 1520. The van der Waals surface area contributed by atoms with E-state index < -0.39 is 26.5 Å². The molecule has 0 bridgehead atoms. The van der Waals surface area contributed by atoms with Gasteiger partial charge in [-0.2, -0.15) is 0 Å². The molecule has 71 heavy (non-hydrogen) atoms. The number of carbonyl (C=O) groups excluding carboxylic acids is 2. The molecule has 2 unspecified atom stereocenters. The highest BCUT2D eigenvalue weighted by atomic mass is 31.2. The molecule has 0 aliphatic heterocycles. The van der Waals surface area contributed by atoms with E-state index in [0.29, 0.717) is 17.4 Å². The number of hydrogen-bond donors (Lipinski definition) is 1. The molecule has 0 spiro atoms. The third-order valence-electron chi connectivity index (χ3n) is 11.8. The van der Waals surface area contributed by atoms with E-state index in [0.717, 1.165) is 103 Å². The number of quaternary nitrogens is 1. The third kappa shape index (κ3) is 56.1. The van der Waals surface area contributed by atoms with Crippen molar-refractivity contribution in [3.05, 3.63) is 97.2 Å². The smallest absolute Gasteiger partial charge is 0.462 e. The van der Waals surface area contributed by atoms with Crippen LogP contribution in [0.25, 0.3) is 0 Å². The molecule has 0 rings (SSSR count). The molecule has 0 aliphatic carbocycles. The maximum atomic E-state index is 12.8. The number of likely N-dealkylation sites (N-methyl/N-ethyl adjacent to an activating group) is 1. The van der Waals surface area contributed by atoms with Gasteiger partial charge >= 0.3 is 19.8 Å². The zero-order valence-corrected chi connectivity index (χ0v) is 47.1. The van der Waals surface area contributed by atoms with E-state index in [1.165, 1.54) is 89.9 Å². The van der Waals surface area contributed by atoms with Gasteiger partial charge in [-0.1, -0.05) is 214 Å². The lowest BCUT2D eigenvalue weighted by atomic mass is 10.0. The lowest BCUT2D eigenvalue weighted by Crippen LogP contribution is -2.37. The minimum Gasteiger partial charge on any atom is -0.462 e. The van der Waals surface area contributed by atoms with Gasteiger partial charge in [0.1, 0.15) is 19.8 Å². The van der Waals surface area contributed by atoms with Gasteiger partial charge in [0.15, 0.2) is 6.10 Å². The van der Waals surface area contributed by atoms with Gasteiger partial charge in [0.25, 0.3) is 0 Å². The summed E-state index contributed by atoms with van der Waals surface area (Å²) in [5.74, 6) is -0.812. The Morgan fingerprint density at radius 1 is 0.451 bits per heavy atom. The molecule has 0 aromatic carbocycles. The molecule has 0 aliphatic rings. The van der Waals surface area contributed by atoms with Crippen molar-refractivity contribution in [2.24, 2.45) is 0 Å². The van der Waals surface area contributed by atoms with Crippen LogP contribution < -0.4 is 0 Å². The summed E-state index contributed by atoms with van der Waals surface area (Å²) in [6.07, 6.45) is 70.6. The number of esters is 2. The van der Waals surface area contributed by atoms with Crippen LogP contribution >= 0.6 is 7.82 Å². The van der Waals surface area contributed by atoms with Gasteiger partial charge in [-0.25, -0.2) is 4.57 Å². The number of rotatable bonds is 51. The standard InChI is InChI=1S/C61H106NO8P/c1-6-8-10-12-14-16-18-20-21-22-23-24-25-26-27-28-29-30-31-32-33-34-35-36-37-38-39-40-41-42-44-46-48-50-52-54-61(64)70-59(58-69-71(65,66)68-56-55-62(3,4)5)57-67-60(63)53-51-49-47-45-43-19-17-15-13-11-9-7-2/h8,10,14-17,20-21,23-24,26-27,29-30,32-33,59H,6-7,9,11-13,18-19,22,25,28,31,34-58H2,1-5H3/p+1/b10-8-,16-14-,17-15-,21-20-,24-23-,27-26-,30-29-,33-32-. The summed E-state index contributed by atoms with van der Waals surface area (Å²) in [6, 6.07) is 0. The summed E-state index contributed by atoms with van der Waals surface area (Å²) < 4.78 is 34.5. The Kier molecular flexibility index (Phi) is 49.6. The SMILES string of the molecule is CC/C=C\C/C=C\C/C=C\C/C=C\C/C=C\C/C=C\C/C=C\CCCCCCCCCCCCCCCC(=O)OC(COC(=O)CCCCCCC/C=C\CCCCC)COP(=O)(O)OCC[N+](C)(C)C. The van der Waals surface area contributed by atoms with Gasteiger partial charge in [-0.05, 0) is 96.3 Å². The first-order valence-electron chi connectivity index (χ1n) is 28.5. The molecule has 0 saturated heterocycles. The van der Waals surface area contributed by atoms with Gasteiger partial charge in [0.05, 0.1) is 27.7 Å². The number of nitrogens with zero attached hydrogens (tertiary/aromatic N) is 1. The number of phosphoric ester groups is 1. The van der Waals surface area contributed by atoms with E-state index in [1.807, 2.05) is 21.1 Å². The summed E-state index contributed by atoms with van der Waals surface area (Å²) in [5.41, 5.74) is 0. The average Bonchev–Trinajstić information content (AvgIpc) is 3.33. The number of phosphoric acid groups is 1. The first-order chi connectivity index (χ1) is 34.5. The molecule has 0 aromatic heterocycles. The van der Waals surface area contributed by atoms with Crippen molar-refractivity contribution < 1.29 is 42.1 Å². The van der Waals surface area contributed by atoms with Gasteiger partial charge < -0.3 is 18.9 Å². The molecule has 0 saturated carbocycles. The number of unbranched alkanes of at least 4 members (excludes halogenated alkanes) is 21. The molecule has 10 heteroatoms. The highest BCUT2D eigenvalue weighted by Gasteiger charge is 2.27. The Morgan fingerprint density at radius 2 is 0.803 bits per heavy atom. The first kappa shape index (κ1) is 67.9. The lowest BCUT2D eigenvalue weighted by Gasteiger charge is -2.24. The van der Waals surface area contributed by atoms with Crippen LogP contribution in [0.15, 0.2) is 97.2 Å². The highest BCUT2D eigenvalue weighted by molar-refractivity contribution is 7.47. The van der Waals surface area contributed by atoms with Gasteiger partial charge in [0.2, 0.25) is 0 Å². The quantitative estimate of drug-likeness (QED) is 0.0211. The second kappa shape index (κ2) is 51.8. The van der Waals surface area contributed by atoms with Crippen LogP contribution in [0.4, 0.5) is 0 Å². The van der Waals surface area contributed by atoms with Crippen LogP contribution in [0, 0.1) is 0 Å². The first-order valence-corrected chi connectivity index (χ1v) is 30.0. The minimum atomic E-state index is -4.39. The van der Waals surface area contributed by atoms with Crippen molar-refractivity contribution in [3.63, 3.8) is 0 Å². The molecular weight excluding hydrogens is 906 g/mol. The maximum Gasteiger partial charge on any atom is 0.472 e. The molecule has 0 aromatic rings. The van der Waals surface area contributed by atoms with E-state index >= 15 is 0 Å². The third-order valence-corrected chi connectivity index (χ3v) is 12.8. The van der Waals surface area contributed by atoms with Crippen LogP contribution in [-0.4, -0.2) is 74.9 Å². The molecule has 408 valence electrons. The fourth-order valence-corrected chi connectivity index (χ4v) is 8.20. The van der Waals surface area contributed by atoms with Crippen molar-refractivity contribution in [2.75, 3.05) is 47.5 Å². The predicted molar refractivity (Wildman–Crippen MR) is 302 cm³/mol. The zero-order chi connectivity index (χ0) is 52.0. The Morgan fingerprint density at radius 3 is 1.21 bits per heavy atom. The highest BCUT2D eigenvalue weighted by Crippen LogP contribution is 2.43. The Balaban J connectivity index is 4.06. The van der Waals surface area contributed by atoms with E-state index in [4.69, 9.17) is 18.5 Å².